The Morgan fingerprint density at radius 1 is 1.32 bits per heavy atom. The zero-order valence-corrected chi connectivity index (χ0v) is 10.6. The number of aryl methyl sites for hydroxylation is 1. The van der Waals surface area contributed by atoms with Gasteiger partial charge in [-0.25, -0.2) is 4.79 Å². The zero-order valence-electron chi connectivity index (χ0n) is 10.6. The van der Waals surface area contributed by atoms with E-state index in [1.165, 1.54) is 18.5 Å². The van der Waals surface area contributed by atoms with Crippen molar-refractivity contribution in [1.29, 1.82) is 0 Å². The minimum absolute atomic E-state index is 0.372. The van der Waals surface area contributed by atoms with Gasteiger partial charge in [0.05, 0.1) is 0 Å². The van der Waals surface area contributed by atoms with Gasteiger partial charge in [-0.1, -0.05) is 24.3 Å². The van der Waals surface area contributed by atoms with E-state index in [0.717, 1.165) is 11.6 Å². The first-order chi connectivity index (χ1) is 9.11. The van der Waals surface area contributed by atoms with E-state index in [1.807, 2.05) is 31.2 Å². The van der Waals surface area contributed by atoms with Crippen LogP contribution in [0.3, 0.4) is 0 Å². The van der Waals surface area contributed by atoms with E-state index in [2.05, 4.69) is 11.6 Å². The van der Waals surface area contributed by atoms with Crippen LogP contribution < -0.4 is 4.74 Å². The molecule has 1 N–H and O–H groups in total. The van der Waals surface area contributed by atoms with Crippen molar-refractivity contribution >= 4 is 12.2 Å². The molecule has 1 rings (SSSR count). The molecular formula is C15H15NO3. The fraction of sp³-hybridized carbons (Fsp3) is 0.0667. The van der Waals surface area contributed by atoms with Crippen molar-refractivity contribution in [2.45, 2.75) is 6.92 Å². The van der Waals surface area contributed by atoms with Crippen molar-refractivity contribution in [3.05, 3.63) is 66.6 Å². The van der Waals surface area contributed by atoms with Gasteiger partial charge in [-0.05, 0) is 31.2 Å². The smallest absolute Gasteiger partial charge is 0.328 e. The number of aliphatic carboxylic acids is 1. The number of allylic oxidation sites excluding steroid dienone is 2. The number of hydrogen-bond donors (Lipinski definition) is 1. The molecule has 0 aliphatic carbocycles. The molecule has 0 spiro atoms. The van der Waals surface area contributed by atoms with Crippen LogP contribution in [0.15, 0.2) is 66.0 Å². The number of carboxylic acids is 1. The van der Waals surface area contributed by atoms with Crippen LogP contribution in [0.5, 0.6) is 5.75 Å². The number of benzene rings is 1. The maximum atomic E-state index is 10.5. The summed E-state index contributed by atoms with van der Waals surface area (Å²) in [4.78, 5) is 14.3. The third-order valence-electron chi connectivity index (χ3n) is 2.08. The first kappa shape index (κ1) is 14.4. The van der Waals surface area contributed by atoms with E-state index < -0.39 is 5.97 Å². The summed E-state index contributed by atoms with van der Waals surface area (Å²) >= 11 is 0. The van der Waals surface area contributed by atoms with Gasteiger partial charge < -0.3 is 9.84 Å². The molecule has 1 aromatic carbocycles. The maximum absolute atomic E-state index is 10.5. The lowest BCUT2D eigenvalue weighted by Gasteiger charge is -2.05. The van der Waals surface area contributed by atoms with Crippen molar-refractivity contribution in [2.75, 3.05) is 0 Å². The lowest BCUT2D eigenvalue weighted by atomic mass is 10.2. The summed E-state index contributed by atoms with van der Waals surface area (Å²) in [5, 5.41) is 8.62. The molecule has 0 saturated carbocycles. The van der Waals surface area contributed by atoms with Crippen LogP contribution in [0.1, 0.15) is 5.56 Å². The van der Waals surface area contributed by atoms with Crippen molar-refractivity contribution in [3.63, 3.8) is 0 Å². The summed E-state index contributed by atoms with van der Waals surface area (Å²) in [7, 11) is 0. The Bertz CT molecular complexity index is 525. The van der Waals surface area contributed by atoms with Crippen LogP contribution >= 0.6 is 0 Å². The fourth-order valence-corrected chi connectivity index (χ4v) is 1.20. The summed E-state index contributed by atoms with van der Waals surface area (Å²) in [6.07, 6.45) is 6.77. The number of aliphatic imine (C=N–C) groups is 1. The molecule has 19 heavy (non-hydrogen) atoms. The van der Waals surface area contributed by atoms with Crippen LogP contribution in [-0.2, 0) is 4.79 Å². The van der Waals surface area contributed by atoms with Crippen molar-refractivity contribution < 1.29 is 14.6 Å². The fourth-order valence-electron chi connectivity index (χ4n) is 1.20. The standard InChI is InChI=1S/C15H15NO3/c1-3-16-11-10-14(8-9-15(17)18)19-13-6-4-12(2)5-7-13/h3-11H,1H2,2H3,(H,17,18)/b9-8+,14-10+,16-11?. The van der Waals surface area contributed by atoms with Crippen LogP contribution in [0.2, 0.25) is 0 Å². The first-order valence-corrected chi connectivity index (χ1v) is 5.61. The van der Waals surface area contributed by atoms with E-state index in [9.17, 15) is 4.79 Å². The molecule has 98 valence electrons. The molecule has 0 aliphatic rings. The lowest BCUT2D eigenvalue weighted by molar-refractivity contribution is -0.131. The van der Waals surface area contributed by atoms with Gasteiger partial charge in [-0.3, -0.25) is 4.99 Å². The van der Waals surface area contributed by atoms with Gasteiger partial charge in [0.25, 0.3) is 0 Å². The highest BCUT2D eigenvalue weighted by molar-refractivity contribution is 5.81. The Labute approximate surface area is 112 Å². The van der Waals surface area contributed by atoms with Gasteiger partial charge in [0.1, 0.15) is 11.5 Å². The largest absolute Gasteiger partial charge is 0.478 e. The van der Waals surface area contributed by atoms with Crippen LogP contribution in [0, 0.1) is 6.92 Å². The van der Waals surface area contributed by atoms with Gasteiger partial charge in [-0.15, -0.1) is 0 Å². The lowest BCUT2D eigenvalue weighted by Crippen LogP contribution is -1.95. The number of hydrogen-bond acceptors (Lipinski definition) is 3. The zero-order chi connectivity index (χ0) is 14.1. The van der Waals surface area contributed by atoms with Gasteiger partial charge in [0.2, 0.25) is 0 Å². The van der Waals surface area contributed by atoms with E-state index >= 15 is 0 Å². The molecule has 0 heterocycles. The second kappa shape index (κ2) is 7.66. The average molecular weight is 257 g/mol. The molecule has 4 nitrogen and oxygen atoms in total. The molecular weight excluding hydrogens is 242 g/mol. The molecule has 0 unspecified atom stereocenters. The Morgan fingerprint density at radius 2 is 2.00 bits per heavy atom. The van der Waals surface area contributed by atoms with E-state index in [1.54, 1.807) is 6.08 Å². The molecule has 0 radical (unpaired) electrons. The molecule has 0 bridgehead atoms. The van der Waals surface area contributed by atoms with Crippen molar-refractivity contribution in [2.24, 2.45) is 4.99 Å². The molecule has 0 aromatic heterocycles. The third-order valence-corrected chi connectivity index (χ3v) is 2.08. The Kier molecular flexibility index (Phi) is 5.82. The van der Waals surface area contributed by atoms with Crippen LogP contribution in [0.4, 0.5) is 0 Å². The Balaban J connectivity index is 2.87. The second-order valence-corrected chi connectivity index (χ2v) is 3.64. The maximum Gasteiger partial charge on any atom is 0.328 e. The summed E-state index contributed by atoms with van der Waals surface area (Å²) < 4.78 is 5.55. The highest BCUT2D eigenvalue weighted by atomic mass is 16.5. The second-order valence-electron chi connectivity index (χ2n) is 3.64. The minimum Gasteiger partial charge on any atom is -0.478 e. The minimum atomic E-state index is -1.04. The number of carboxylic acid groups (broad SMARTS) is 1. The third kappa shape index (κ3) is 6.02. The number of rotatable bonds is 6. The van der Waals surface area contributed by atoms with Crippen molar-refractivity contribution in [3.8, 4) is 5.75 Å². The van der Waals surface area contributed by atoms with Gasteiger partial charge in [0.15, 0.2) is 0 Å². The molecule has 1 aromatic rings. The predicted octanol–water partition coefficient (Wildman–Crippen LogP) is 3.11. The molecule has 0 aliphatic heterocycles. The quantitative estimate of drug-likeness (QED) is 0.368. The summed E-state index contributed by atoms with van der Waals surface area (Å²) in [6, 6.07) is 7.43. The Hall–Kier alpha value is -2.62. The van der Waals surface area contributed by atoms with E-state index in [-0.39, 0.29) is 0 Å². The summed E-state index contributed by atoms with van der Waals surface area (Å²) in [5.41, 5.74) is 1.12. The predicted molar refractivity (Wildman–Crippen MR) is 75.4 cm³/mol. The first-order valence-electron chi connectivity index (χ1n) is 5.61. The van der Waals surface area contributed by atoms with E-state index in [0.29, 0.717) is 11.5 Å². The van der Waals surface area contributed by atoms with Crippen molar-refractivity contribution in [1.82, 2.24) is 0 Å². The number of carbonyl (C=O) groups is 1. The average Bonchev–Trinajstić information content (AvgIpc) is 2.38. The number of nitrogens with zero attached hydrogens (tertiary/aromatic N) is 1. The van der Waals surface area contributed by atoms with Gasteiger partial charge in [-0.2, -0.15) is 0 Å². The van der Waals surface area contributed by atoms with Gasteiger partial charge in [0, 0.05) is 18.5 Å². The highest BCUT2D eigenvalue weighted by Gasteiger charge is 1.98. The normalized spacial score (nSPS) is 11.9. The SMILES string of the molecule is C=CN=C/C=C(\C=C\C(=O)O)Oc1ccc(C)cc1. The molecule has 0 fully saturated rings. The van der Waals surface area contributed by atoms with Crippen LogP contribution in [0.25, 0.3) is 0 Å². The Morgan fingerprint density at radius 3 is 2.58 bits per heavy atom. The number of ether oxygens (including phenoxy) is 1. The molecule has 0 atom stereocenters. The molecule has 0 saturated heterocycles. The molecule has 0 amide bonds. The highest BCUT2D eigenvalue weighted by Crippen LogP contribution is 2.15. The summed E-state index contributed by atoms with van der Waals surface area (Å²) in [5.74, 6) is -0.0465. The monoisotopic (exact) mass is 257 g/mol. The summed E-state index contributed by atoms with van der Waals surface area (Å²) in [6.45, 7) is 5.42. The van der Waals surface area contributed by atoms with Gasteiger partial charge >= 0.3 is 5.97 Å². The topological polar surface area (TPSA) is 58.9 Å². The van der Waals surface area contributed by atoms with Crippen LogP contribution in [-0.4, -0.2) is 17.3 Å². The van der Waals surface area contributed by atoms with E-state index in [4.69, 9.17) is 9.84 Å². The molecule has 4 heteroatoms.